The minimum absolute atomic E-state index is 0.0744. The van der Waals surface area contributed by atoms with Crippen molar-refractivity contribution >= 4 is 0 Å². The Balaban J connectivity index is 1.72. The summed E-state index contributed by atoms with van der Waals surface area (Å²) in [6.45, 7) is 2.17. The molecule has 1 aromatic rings. The predicted octanol–water partition coefficient (Wildman–Crippen LogP) is 2.97. The molecule has 2 fully saturated rings. The van der Waals surface area contributed by atoms with Gasteiger partial charge in [0.05, 0.1) is 12.2 Å². The van der Waals surface area contributed by atoms with Crippen LogP contribution in [0.4, 0.5) is 0 Å². The number of aliphatic hydroxyl groups is 2. The first-order valence-electron chi connectivity index (χ1n) is 8.74. The highest BCUT2D eigenvalue weighted by molar-refractivity contribution is 5.40. The van der Waals surface area contributed by atoms with Crippen LogP contribution in [0.15, 0.2) is 18.2 Å². The molecule has 0 spiro atoms. The van der Waals surface area contributed by atoms with Crippen molar-refractivity contribution in [3.63, 3.8) is 0 Å². The van der Waals surface area contributed by atoms with Gasteiger partial charge in [-0.05, 0) is 79.5 Å². The maximum Gasteiger partial charge on any atom is 0.115 e. The lowest BCUT2D eigenvalue weighted by atomic mass is 9.54. The van der Waals surface area contributed by atoms with Crippen LogP contribution in [0.3, 0.4) is 0 Å². The number of aromatic hydroxyl groups is 1. The van der Waals surface area contributed by atoms with Gasteiger partial charge in [-0.1, -0.05) is 13.0 Å². The molecule has 0 aromatic heterocycles. The molecule has 6 atom stereocenters. The number of phenolic OH excluding ortho intramolecular Hbond substituents is 1. The number of phenols is 1. The summed E-state index contributed by atoms with van der Waals surface area (Å²) < 4.78 is 0. The third-order valence-electron chi connectivity index (χ3n) is 7.07. The molecule has 3 heteroatoms. The zero-order valence-corrected chi connectivity index (χ0v) is 13.2. The van der Waals surface area contributed by atoms with Crippen molar-refractivity contribution in [1.82, 2.24) is 0 Å². The van der Waals surface area contributed by atoms with Gasteiger partial charge in [-0.25, -0.2) is 0 Å². The fourth-order valence-electron chi connectivity index (χ4n) is 6.01. The lowest BCUT2D eigenvalue weighted by Crippen LogP contribution is -2.46. The molecule has 4 rings (SSSR count). The van der Waals surface area contributed by atoms with Gasteiger partial charge in [0, 0.05) is 5.41 Å². The maximum absolute atomic E-state index is 10.6. The molecule has 120 valence electrons. The highest BCUT2D eigenvalue weighted by atomic mass is 16.3. The molecule has 0 heterocycles. The number of aliphatic hydroxyl groups excluding tert-OH is 2. The standard InChI is InChI=1S/C19H26O3/c1-2-19-8-7-14-13-6-4-12(20)9-11(13)3-5-15(14)16(19)10-17(21)18(19)22/h4,6,9,14-18,20-22H,2-3,5,7-8,10H2,1H3. The highest BCUT2D eigenvalue weighted by Gasteiger charge is 2.59. The summed E-state index contributed by atoms with van der Waals surface area (Å²) in [5, 5.41) is 30.6. The summed E-state index contributed by atoms with van der Waals surface area (Å²) in [6.07, 6.45) is 4.84. The van der Waals surface area contributed by atoms with Crippen molar-refractivity contribution in [3.05, 3.63) is 29.3 Å². The minimum atomic E-state index is -0.551. The normalized spacial score (nSPS) is 43.3. The Kier molecular flexibility index (Phi) is 3.28. The van der Waals surface area contributed by atoms with Crippen LogP contribution in [-0.2, 0) is 6.42 Å². The molecule has 3 nitrogen and oxygen atoms in total. The van der Waals surface area contributed by atoms with Gasteiger partial charge in [0.25, 0.3) is 0 Å². The lowest BCUT2D eigenvalue weighted by Gasteiger charge is -2.51. The Morgan fingerprint density at radius 1 is 1.23 bits per heavy atom. The first kappa shape index (κ1) is 14.5. The van der Waals surface area contributed by atoms with Crippen LogP contribution in [-0.4, -0.2) is 27.5 Å². The summed E-state index contributed by atoms with van der Waals surface area (Å²) in [4.78, 5) is 0. The number of benzene rings is 1. The van der Waals surface area contributed by atoms with Crippen LogP contribution in [0.5, 0.6) is 5.75 Å². The van der Waals surface area contributed by atoms with E-state index in [4.69, 9.17) is 0 Å². The molecule has 0 amide bonds. The van der Waals surface area contributed by atoms with Gasteiger partial charge < -0.3 is 15.3 Å². The molecule has 0 bridgehead atoms. The van der Waals surface area contributed by atoms with Gasteiger partial charge >= 0.3 is 0 Å². The number of hydrogen-bond acceptors (Lipinski definition) is 3. The van der Waals surface area contributed by atoms with Crippen LogP contribution >= 0.6 is 0 Å². The smallest absolute Gasteiger partial charge is 0.115 e. The SMILES string of the molecule is CCC12CCC3c4ccc(O)cc4CCC3C1CC(O)C2O. The molecule has 3 N–H and O–H groups in total. The van der Waals surface area contributed by atoms with Gasteiger partial charge in [0.15, 0.2) is 0 Å². The summed E-state index contributed by atoms with van der Waals surface area (Å²) in [7, 11) is 0. The Morgan fingerprint density at radius 3 is 2.82 bits per heavy atom. The molecule has 3 aliphatic carbocycles. The monoisotopic (exact) mass is 302 g/mol. The molecular formula is C19H26O3. The summed E-state index contributed by atoms with van der Waals surface area (Å²) >= 11 is 0. The molecular weight excluding hydrogens is 276 g/mol. The number of fused-ring (bicyclic) bond motifs is 5. The van der Waals surface area contributed by atoms with Gasteiger partial charge in [0.2, 0.25) is 0 Å². The van der Waals surface area contributed by atoms with Crippen molar-refractivity contribution in [1.29, 1.82) is 0 Å². The Hall–Kier alpha value is -1.06. The first-order valence-corrected chi connectivity index (χ1v) is 8.74. The predicted molar refractivity (Wildman–Crippen MR) is 84.7 cm³/mol. The second kappa shape index (κ2) is 4.97. The van der Waals surface area contributed by atoms with Crippen LogP contribution in [0.25, 0.3) is 0 Å². The van der Waals surface area contributed by atoms with Gasteiger partial charge in [-0.15, -0.1) is 0 Å². The van der Waals surface area contributed by atoms with Crippen molar-refractivity contribution in [2.75, 3.05) is 0 Å². The molecule has 2 saturated carbocycles. The van der Waals surface area contributed by atoms with Crippen molar-refractivity contribution in [3.8, 4) is 5.75 Å². The fourth-order valence-corrected chi connectivity index (χ4v) is 6.01. The van der Waals surface area contributed by atoms with E-state index in [2.05, 4.69) is 13.0 Å². The van der Waals surface area contributed by atoms with Crippen LogP contribution < -0.4 is 0 Å². The first-order chi connectivity index (χ1) is 10.6. The van der Waals surface area contributed by atoms with E-state index in [0.29, 0.717) is 23.5 Å². The van der Waals surface area contributed by atoms with Crippen molar-refractivity contribution < 1.29 is 15.3 Å². The van der Waals surface area contributed by atoms with E-state index in [9.17, 15) is 15.3 Å². The van der Waals surface area contributed by atoms with E-state index < -0.39 is 12.2 Å². The fraction of sp³-hybridized carbons (Fsp3) is 0.684. The zero-order valence-electron chi connectivity index (χ0n) is 13.2. The van der Waals surface area contributed by atoms with E-state index in [0.717, 1.165) is 38.5 Å². The summed E-state index contributed by atoms with van der Waals surface area (Å²) in [5.74, 6) is 1.90. The highest BCUT2D eigenvalue weighted by Crippen LogP contribution is 2.62. The summed E-state index contributed by atoms with van der Waals surface area (Å²) in [5.41, 5.74) is 2.62. The molecule has 22 heavy (non-hydrogen) atoms. The van der Waals surface area contributed by atoms with E-state index in [-0.39, 0.29) is 5.41 Å². The van der Waals surface area contributed by atoms with Crippen molar-refractivity contribution in [2.45, 2.75) is 63.6 Å². The van der Waals surface area contributed by atoms with Crippen LogP contribution in [0.2, 0.25) is 0 Å². The van der Waals surface area contributed by atoms with Crippen molar-refractivity contribution in [2.24, 2.45) is 17.3 Å². The Bertz CT molecular complexity index is 584. The molecule has 6 unspecified atom stereocenters. The second-order valence-electron chi connectivity index (χ2n) is 7.67. The van der Waals surface area contributed by atoms with E-state index in [1.807, 2.05) is 6.07 Å². The quantitative estimate of drug-likeness (QED) is 0.747. The molecule has 0 saturated heterocycles. The average Bonchev–Trinajstić information content (AvgIpc) is 2.79. The molecule has 0 aliphatic heterocycles. The van der Waals surface area contributed by atoms with Gasteiger partial charge in [-0.3, -0.25) is 0 Å². The maximum atomic E-state index is 10.6. The van der Waals surface area contributed by atoms with Gasteiger partial charge in [0.1, 0.15) is 5.75 Å². The van der Waals surface area contributed by atoms with Gasteiger partial charge in [-0.2, -0.15) is 0 Å². The minimum Gasteiger partial charge on any atom is -0.508 e. The molecule has 3 aliphatic rings. The van der Waals surface area contributed by atoms with E-state index >= 15 is 0 Å². The average molecular weight is 302 g/mol. The van der Waals surface area contributed by atoms with Crippen LogP contribution in [0.1, 0.15) is 56.1 Å². The molecule has 0 radical (unpaired) electrons. The third kappa shape index (κ3) is 1.82. The third-order valence-corrected chi connectivity index (χ3v) is 7.07. The Morgan fingerprint density at radius 2 is 2.05 bits per heavy atom. The number of aryl methyl sites for hydroxylation is 1. The molecule has 1 aromatic carbocycles. The van der Waals surface area contributed by atoms with E-state index in [1.165, 1.54) is 11.1 Å². The number of rotatable bonds is 1. The topological polar surface area (TPSA) is 60.7 Å². The lowest BCUT2D eigenvalue weighted by molar-refractivity contribution is -0.0641. The Labute approximate surface area is 132 Å². The summed E-state index contributed by atoms with van der Waals surface area (Å²) in [6, 6.07) is 5.83. The van der Waals surface area contributed by atoms with E-state index in [1.54, 1.807) is 6.07 Å². The number of hydrogen-bond donors (Lipinski definition) is 3. The second-order valence-corrected chi connectivity index (χ2v) is 7.67. The van der Waals surface area contributed by atoms with Crippen LogP contribution in [0, 0.1) is 17.3 Å². The largest absolute Gasteiger partial charge is 0.508 e. The zero-order chi connectivity index (χ0) is 15.5.